The molecule has 2 amide bonds. The second-order valence-electron chi connectivity index (χ2n) is 4.59. The molecule has 1 fully saturated rings. The quantitative estimate of drug-likeness (QED) is 0.625. The van der Waals surface area contributed by atoms with E-state index in [4.69, 9.17) is 5.11 Å². The van der Waals surface area contributed by atoms with Crippen LogP contribution in [0.25, 0.3) is 0 Å². The van der Waals surface area contributed by atoms with E-state index in [-0.39, 0.29) is 13.1 Å². The monoisotopic (exact) mass is 302 g/mol. The van der Waals surface area contributed by atoms with Crippen LogP contribution in [0, 0.1) is 11.6 Å². The fraction of sp³-hybridized carbons (Fsp3) is 0.333. The summed E-state index contributed by atoms with van der Waals surface area (Å²) in [4.78, 5) is 23.8. The van der Waals surface area contributed by atoms with Crippen LogP contribution in [0.5, 0.6) is 0 Å². The number of hydrogen-bond acceptors (Lipinski definition) is 4. The minimum atomic E-state index is -1.54. The summed E-state index contributed by atoms with van der Waals surface area (Å²) in [6, 6.07) is 0.180. The van der Waals surface area contributed by atoms with Crippen molar-refractivity contribution in [2.45, 2.75) is 12.2 Å². The van der Waals surface area contributed by atoms with Gasteiger partial charge in [0.25, 0.3) is 0 Å². The fourth-order valence-corrected chi connectivity index (χ4v) is 1.96. The molecular weight excluding hydrogens is 290 g/mol. The summed E-state index contributed by atoms with van der Waals surface area (Å²) >= 11 is 0. The highest BCUT2D eigenvalue weighted by molar-refractivity contribution is 6.00. The molecule has 0 saturated carbocycles. The number of β-amino-alcohol motifs (C(OH)–C–C–N with tert-alkyl or cyclic N) is 2. The Hall–Kier alpha value is -2.26. The van der Waals surface area contributed by atoms with Gasteiger partial charge < -0.3 is 25.5 Å². The average Bonchev–Trinajstić information content (AvgIpc) is 2.73. The molecule has 2 atom stereocenters. The molecule has 114 valence electrons. The molecule has 2 rings (SSSR count). The van der Waals surface area contributed by atoms with Gasteiger partial charge in [-0.2, -0.15) is 0 Å². The number of halogens is 2. The summed E-state index contributed by atoms with van der Waals surface area (Å²) in [5.41, 5.74) is -1.02. The standard InChI is InChI=1S/C12H12F2N2O5/c13-6-1-5(11(19)20)8(2-7(6)14)15-12(21)16-3-9(17)10(18)4-16/h1-2,9-10,17-18H,3-4H2,(H,15,21)(H,19,20). The molecule has 1 aliphatic rings. The molecule has 1 aromatic rings. The molecule has 1 heterocycles. The third-order valence-corrected chi connectivity index (χ3v) is 3.08. The number of carbonyl (C=O) groups excluding carboxylic acids is 1. The number of aliphatic hydroxyl groups excluding tert-OH is 2. The molecular formula is C12H12F2N2O5. The van der Waals surface area contributed by atoms with Crippen molar-refractivity contribution in [3.8, 4) is 0 Å². The summed E-state index contributed by atoms with van der Waals surface area (Å²) in [7, 11) is 0. The van der Waals surface area contributed by atoms with E-state index in [1.165, 1.54) is 0 Å². The Morgan fingerprint density at radius 3 is 2.19 bits per heavy atom. The first-order valence-corrected chi connectivity index (χ1v) is 5.94. The number of nitrogens with one attached hydrogen (secondary N) is 1. The number of nitrogens with zero attached hydrogens (tertiary/aromatic N) is 1. The summed E-state index contributed by atoms with van der Waals surface area (Å²) in [5.74, 6) is -4.19. The number of aromatic carboxylic acids is 1. The van der Waals surface area contributed by atoms with Crippen LogP contribution in [0.3, 0.4) is 0 Å². The number of aliphatic hydroxyl groups is 2. The summed E-state index contributed by atoms with van der Waals surface area (Å²) < 4.78 is 26.2. The second kappa shape index (κ2) is 5.62. The summed E-state index contributed by atoms with van der Waals surface area (Å²) in [6.07, 6.45) is -2.22. The Labute approximate surface area is 117 Å². The molecule has 4 N–H and O–H groups in total. The number of carbonyl (C=O) groups is 2. The van der Waals surface area contributed by atoms with Crippen molar-refractivity contribution in [1.29, 1.82) is 0 Å². The van der Waals surface area contributed by atoms with Gasteiger partial charge in [0.1, 0.15) is 0 Å². The zero-order valence-electron chi connectivity index (χ0n) is 10.6. The lowest BCUT2D eigenvalue weighted by molar-refractivity contribution is 0.0572. The molecule has 0 spiro atoms. The van der Waals surface area contributed by atoms with Gasteiger partial charge in [-0.15, -0.1) is 0 Å². The zero-order chi connectivity index (χ0) is 15.7. The molecule has 7 nitrogen and oxygen atoms in total. The summed E-state index contributed by atoms with van der Waals surface area (Å²) in [5, 5.41) is 29.7. The van der Waals surface area contributed by atoms with E-state index in [9.17, 15) is 28.6 Å². The van der Waals surface area contributed by atoms with Gasteiger partial charge in [0.2, 0.25) is 0 Å². The Morgan fingerprint density at radius 1 is 1.14 bits per heavy atom. The molecule has 1 aromatic carbocycles. The minimum Gasteiger partial charge on any atom is -0.478 e. The van der Waals surface area contributed by atoms with Crippen molar-refractivity contribution >= 4 is 17.7 Å². The number of urea groups is 1. The topological polar surface area (TPSA) is 110 Å². The largest absolute Gasteiger partial charge is 0.478 e. The van der Waals surface area contributed by atoms with Gasteiger partial charge in [0.15, 0.2) is 11.6 Å². The Balaban J connectivity index is 2.21. The van der Waals surface area contributed by atoms with Gasteiger partial charge in [-0.05, 0) is 6.07 Å². The van der Waals surface area contributed by atoms with Crippen LogP contribution in [-0.2, 0) is 0 Å². The molecule has 9 heteroatoms. The van der Waals surface area contributed by atoms with E-state index >= 15 is 0 Å². The van der Waals surface area contributed by atoms with Gasteiger partial charge >= 0.3 is 12.0 Å². The van der Waals surface area contributed by atoms with Crippen LogP contribution in [0.4, 0.5) is 19.3 Å². The fourth-order valence-electron chi connectivity index (χ4n) is 1.96. The lowest BCUT2D eigenvalue weighted by Crippen LogP contribution is -2.34. The number of anilines is 1. The van der Waals surface area contributed by atoms with Crippen molar-refractivity contribution in [2.24, 2.45) is 0 Å². The predicted molar refractivity (Wildman–Crippen MR) is 65.9 cm³/mol. The molecule has 1 saturated heterocycles. The van der Waals surface area contributed by atoms with Crippen LogP contribution in [-0.4, -0.2) is 57.5 Å². The number of carboxylic acid groups (broad SMARTS) is 1. The van der Waals surface area contributed by atoms with Crippen molar-refractivity contribution in [1.82, 2.24) is 4.90 Å². The minimum absolute atomic E-state index is 0.154. The Morgan fingerprint density at radius 2 is 1.67 bits per heavy atom. The van der Waals surface area contributed by atoms with Crippen LogP contribution in [0.15, 0.2) is 12.1 Å². The van der Waals surface area contributed by atoms with Crippen molar-refractivity contribution in [3.05, 3.63) is 29.3 Å². The first kappa shape index (κ1) is 15.1. The zero-order valence-corrected chi connectivity index (χ0v) is 10.6. The molecule has 0 radical (unpaired) electrons. The third kappa shape index (κ3) is 3.09. The van der Waals surface area contributed by atoms with Crippen molar-refractivity contribution in [2.75, 3.05) is 18.4 Å². The lowest BCUT2D eigenvalue weighted by atomic mass is 10.1. The normalized spacial score (nSPS) is 21.4. The first-order chi connectivity index (χ1) is 9.79. The maximum atomic E-state index is 13.2. The second-order valence-corrected chi connectivity index (χ2v) is 4.59. The molecule has 0 bridgehead atoms. The van der Waals surface area contributed by atoms with Crippen LogP contribution in [0.2, 0.25) is 0 Å². The van der Waals surface area contributed by atoms with Gasteiger partial charge in [-0.1, -0.05) is 0 Å². The molecule has 2 unspecified atom stereocenters. The highest BCUT2D eigenvalue weighted by Gasteiger charge is 2.33. The van der Waals surface area contributed by atoms with Crippen molar-refractivity contribution < 1.29 is 33.7 Å². The van der Waals surface area contributed by atoms with Gasteiger partial charge in [-0.25, -0.2) is 18.4 Å². The predicted octanol–water partition coefficient (Wildman–Crippen LogP) is 0.232. The molecule has 21 heavy (non-hydrogen) atoms. The van der Waals surface area contributed by atoms with E-state index in [2.05, 4.69) is 5.32 Å². The highest BCUT2D eigenvalue weighted by Crippen LogP contribution is 2.21. The van der Waals surface area contributed by atoms with Gasteiger partial charge in [-0.3, -0.25) is 0 Å². The number of carboxylic acids is 1. The SMILES string of the molecule is O=C(O)c1cc(F)c(F)cc1NC(=O)N1CC(O)C(O)C1. The van der Waals surface area contributed by atoms with Gasteiger partial charge in [0, 0.05) is 6.07 Å². The Kier molecular flexibility index (Phi) is 4.05. The van der Waals surface area contributed by atoms with E-state index < -0.39 is 47.1 Å². The molecule has 0 aromatic heterocycles. The van der Waals surface area contributed by atoms with Crippen molar-refractivity contribution in [3.63, 3.8) is 0 Å². The number of benzene rings is 1. The lowest BCUT2D eigenvalue weighted by Gasteiger charge is -2.17. The number of hydrogen-bond donors (Lipinski definition) is 4. The number of rotatable bonds is 2. The van der Waals surface area contributed by atoms with Crippen LogP contribution in [0.1, 0.15) is 10.4 Å². The average molecular weight is 302 g/mol. The third-order valence-electron chi connectivity index (χ3n) is 3.08. The van der Waals surface area contributed by atoms with E-state index in [0.29, 0.717) is 12.1 Å². The highest BCUT2D eigenvalue weighted by atomic mass is 19.2. The van der Waals surface area contributed by atoms with E-state index in [1.54, 1.807) is 0 Å². The first-order valence-electron chi connectivity index (χ1n) is 5.94. The number of likely N-dealkylation sites (tertiary alicyclic amines) is 1. The van der Waals surface area contributed by atoms with E-state index in [1.807, 2.05) is 0 Å². The van der Waals surface area contributed by atoms with E-state index in [0.717, 1.165) is 4.90 Å². The van der Waals surface area contributed by atoms with Gasteiger partial charge in [0.05, 0.1) is 36.5 Å². The van der Waals surface area contributed by atoms with Crippen LogP contribution >= 0.6 is 0 Å². The number of amides is 2. The molecule has 0 aliphatic carbocycles. The Bertz CT molecular complexity index is 585. The van der Waals surface area contributed by atoms with Crippen LogP contribution < -0.4 is 5.32 Å². The smallest absolute Gasteiger partial charge is 0.337 e. The molecule has 1 aliphatic heterocycles. The summed E-state index contributed by atoms with van der Waals surface area (Å²) in [6.45, 7) is -0.307. The maximum absolute atomic E-state index is 13.2. The maximum Gasteiger partial charge on any atom is 0.337 e.